The molecule has 0 aromatic heterocycles. The van der Waals surface area contributed by atoms with Gasteiger partial charge < -0.3 is 20.5 Å². The molecular weight excluding hydrogens is 248 g/mol. The SMILES string of the molecule is COC(=O)C(CO)NC(=O)C(CS)NC(C)=O. The van der Waals surface area contributed by atoms with Crippen molar-refractivity contribution in [1.82, 2.24) is 10.6 Å². The van der Waals surface area contributed by atoms with Gasteiger partial charge >= 0.3 is 5.97 Å². The minimum absolute atomic E-state index is 0.0741. The van der Waals surface area contributed by atoms with E-state index in [1.54, 1.807) is 0 Å². The quantitative estimate of drug-likeness (QED) is 0.330. The van der Waals surface area contributed by atoms with E-state index in [0.717, 1.165) is 7.11 Å². The maximum atomic E-state index is 11.6. The summed E-state index contributed by atoms with van der Waals surface area (Å²) >= 11 is 3.90. The molecular formula is C9H16N2O5S. The first-order chi connectivity index (χ1) is 7.96. The van der Waals surface area contributed by atoms with Crippen molar-refractivity contribution in [3.63, 3.8) is 0 Å². The number of nitrogens with one attached hydrogen (secondary N) is 2. The zero-order valence-electron chi connectivity index (χ0n) is 9.60. The van der Waals surface area contributed by atoms with E-state index in [-0.39, 0.29) is 5.75 Å². The lowest BCUT2D eigenvalue weighted by Gasteiger charge is -2.19. The third kappa shape index (κ3) is 5.55. The lowest BCUT2D eigenvalue weighted by atomic mass is 10.2. The van der Waals surface area contributed by atoms with Crippen molar-refractivity contribution in [2.45, 2.75) is 19.0 Å². The number of ether oxygens (including phenoxy) is 1. The van der Waals surface area contributed by atoms with Crippen LogP contribution in [0.25, 0.3) is 0 Å². The van der Waals surface area contributed by atoms with Gasteiger partial charge in [0.25, 0.3) is 0 Å². The van der Waals surface area contributed by atoms with Gasteiger partial charge in [0, 0.05) is 12.7 Å². The van der Waals surface area contributed by atoms with Crippen LogP contribution < -0.4 is 10.6 Å². The number of rotatable bonds is 6. The second-order valence-electron chi connectivity index (χ2n) is 3.20. The fraction of sp³-hybridized carbons (Fsp3) is 0.667. The molecule has 0 saturated heterocycles. The first-order valence-corrected chi connectivity index (χ1v) is 5.46. The number of thiol groups is 1. The highest BCUT2D eigenvalue weighted by Crippen LogP contribution is 1.93. The fourth-order valence-electron chi connectivity index (χ4n) is 1.03. The van der Waals surface area contributed by atoms with E-state index in [9.17, 15) is 14.4 Å². The van der Waals surface area contributed by atoms with E-state index >= 15 is 0 Å². The molecule has 7 nitrogen and oxygen atoms in total. The van der Waals surface area contributed by atoms with Crippen LogP contribution in [0.15, 0.2) is 0 Å². The summed E-state index contributed by atoms with van der Waals surface area (Å²) in [6.45, 7) is 0.672. The summed E-state index contributed by atoms with van der Waals surface area (Å²) < 4.78 is 4.38. The lowest BCUT2D eigenvalue weighted by Crippen LogP contribution is -2.53. The van der Waals surface area contributed by atoms with Crippen LogP contribution in [0.2, 0.25) is 0 Å². The van der Waals surface area contributed by atoms with Crippen LogP contribution in [0, 0.1) is 0 Å². The van der Waals surface area contributed by atoms with Gasteiger partial charge in [0.1, 0.15) is 6.04 Å². The number of hydrogen-bond acceptors (Lipinski definition) is 6. The van der Waals surface area contributed by atoms with Crippen LogP contribution in [0.5, 0.6) is 0 Å². The third-order valence-electron chi connectivity index (χ3n) is 1.86. The highest BCUT2D eigenvalue weighted by molar-refractivity contribution is 7.80. The summed E-state index contributed by atoms with van der Waals surface area (Å²) in [7, 11) is 1.14. The molecule has 0 aromatic rings. The standard InChI is InChI=1S/C9H16N2O5S/c1-5(13)10-7(4-17)8(14)11-6(3-12)9(15)16-2/h6-7,12,17H,3-4H2,1-2H3,(H,10,13)(H,11,14). The van der Waals surface area contributed by atoms with E-state index in [2.05, 4.69) is 28.0 Å². The molecule has 0 rings (SSSR count). The smallest absolute Gasteiger partial charge is 0.330 e. The molecule has 0 heterocycles. The molecule has 0 aromatic carbocycles. The molecule has 0 bridgehead atoms. The highest BCUT2D eigenvalue weighted by atomic mass is 32.1. The summed E-state index contributed by atoms with van der Waals surface area (Å²) in [5.41, 5.74) is 0. The average molecular weight is 264 g/mol. The summed E-state index contributed by atoms with van der Waals surface area (Å²) in [5.74, 6) is -1.69. The van der Waals surface area contributed by atoms with E-state index in [4.69, 9.17) is 5.11 Å². The van der Waals surface area contributed by atoms with Crippen molar-refractivity contribution in [2.24, 2.45) is 0 Å². The molecule has 0 radical (unpaired) electrons. The van der Waals surface area contributed by atoms with Crippen molar-refractivity contribution in [3.05, 3.63) is 0 Å². The normalized spacial score (nSPS) is 13.4. The van der Waals surface area contributed by atoms with Gasteiger partial charge in [-0.05, 0) is 0 Å². The van der Waals surface area contributed by atoms with E-state index in [0.29, 0.717) is 0 Å². The predicted octanol–water partition coefficient (Wildman–Crippen LogP) is -1.93. The van der Waals surface area contributed by atoms with Crippen LogP contribution >= 0.6 is 12.6 Å². The third-order valence-corrected chi connectivity index (χ3v) is 2.23. The van der Waals surface area contributed by atoms with Crippen molar-refractivity contribution >= 4 is 30.4 Å². The van der Waals surface area contributed by atoms with Gasteiger partial charge in [-0.2, -0.15) is 12.6 Å². The van der Waals surface area contributed by atoms with Gasteiger partial charge in [-0.25, -0.2) is 4.79 Å². The summed E-state index contributed by atoms with van der Waals surface area (Å²) in [5, 5.41) is 13.5. The Bertz CT molecular complexity index is 297. The highest BCUT2D eigenvalue weighted by Gasteiger charge is 2.25. The predicted molar refractivity (Wildman–Crippen MR) is 62.5 cm³/mol. The first kappa shape index (κ1) is 15.7. The van der Waals surface area contributed by atoms with Crippen molar-refractivity contribution in [2.75, 3.05) is 19.5 Å². The number of esters is 1. The van der Waals surface area contributed by atoms with Gasteiger partial charge in [0.15, 0.2) is 6.04 Å². The Morgan fingerprint density at radius 3 is 2.24 bits per heavy atom. The maximum Gasteiger partial charge on any atom is 0.330 e. The number of aliphatic hydroxyl groups is 1. The van der Waals surface area contributed by atoms with Crippen LogP contribution in [0.3, 0.4) is 0 Å². The molecule has 8 heteroatoms. The topological polar surface area (TPSA) is 105 Å². The van der Waals surface area contributed by atoms with Crippen molar-refractivity contribution in [1.29, 1.82) is 0 Å². The largest absolute Gasteiger partial charge is 0.467 e. The molecule has 0 aliphatic rings. The molecule has 2 unspecified atom stereocenters. The van der Waals surface area contributed by atoms with E-state index < -0.39 is 36.5 Å². The molecule has 98 valence electrons. The van der Waals surface area contributed by atoms with Crippen molar-refractivity contribution < 1.29 is 24.2 Å². The number of aliphatic hydroxyl groups excluding tert-OH is 1. The van der Waals surface area contributed by atoms with E-state index in [1.807, 2.05) is 0 Å². The van der Waals surface area contributed by atoms with Crippen molar-refractivity contribution in [3.8, 4) is 0 Å². The second kappa shape index (κ2) is 7.91. The van der Waals surface area contributed by atoms with Gasteiger partial charge in [-0.1, -0.05) is 0 Å². The average Bonchev–Trinajstić information content (AvgIpc) is 2.31. The monoisotopic (exact) mass is 264 g/mol. The second-order valence-corrected chi connectivity index (χ2v) is 3.57. The Morgan fingerprint density at radius 2 is 1.88 bits per heavy atom. The number of carbonyl (C=O) groups excluding carboxylic acids is 3. The van der Waals surface area contributed by atoms with Crippen LogP contribution in [-0.2, 0) is 19.1 Å². The van der Waals surface area contributed by atoms with Crippen LogP contribution in [-0.4, -0.2) is 54.4 Å². The Balaban J connectivity index is 4.47. The molecule has 0 spiro atoms. The number of amides is 2. The molecule has 17 heavy (non-hydrogen) atoms. The van der Waals surface area contributed by atoms with Crippen LogP contribution in [0.1, 0.15) is 6.92 Å². The number of carbonyl (C=O) groups is 3. The lowest BCUT2D eigenvalue weighted by molar-refractivity contribution is -0.146. The Hall–Kier alpha value is -1.28. The summed E-state index contributed by atoms with van der Waals surface area (Å²) in [6.07, 6.45) is 0. The zero-order valence-corrected chi connectivity index (χ0v) is 10.5. The molecule has 3 N–H and O–H groups in total. The molecule has 0 aliphatic heterocycles. The number of methoxy groups -OCH3 is 1. The summed E-state index contributed by atoms with van der Waals surface area (Å²) in [6, 6.07) is -2.02. The molecule has 0 fully saturated rings. The molecule has 2 amide bonds. The Labute approximate surface area is 104 Å². The van der Waals surface area contributed by atoms with Gasteiger partial charge in [-0.15, -0.1) is 0 Å². The first-order valence-electron chi connectivity index (χ1n) is 4.83. The van der Waals surface area contributed by atoms with Gasteiger partial charge in [-0.3, -0.25) is 9.59 Å². The molecule has 2 atom stereocenters. The minimum Gasteiger partial charge on any atom is -0.467 e. The zero-order chi connectivity index (χ0) is 13.4. The summed E-state index contributed by atoms with van der Waals surface area (Å²) in [4.78, 5) is 33.5. The van der Waals surface area contributed by atoms with Crippen LogP contribution in [0.4, 0.5) is 0 Å². The fourth-order valence-corrected chi connectivity index (χ4v) is 1.29. The van der Waals surface area contributed by atoms with Gasteiger partial charge in [0.2, 0.25) is 11.8 Å². The number of hydrogen-bond donors (Lipinski definition) is 4. The maximum absolute atomic E-state index is 11.6. The minimum atomic E-state index is -1.15. The van der Waals surface area contributed by atoms with E-state index in [1.165, 1.54) is 6.92 Å². The Morgan fingerprint density at radius 1 is 1.29 bits per heavy atom. The van der Waals surface area contributed by atoms with Gasteiger partial charge in [0.05, 0.1) is 13.7 Å². The Kier molecular flexibility index (Phi) is 7.31. The molecule has 0 aliphatic carbocycles. The molecule has 0 saturated carbocycles.